The van der Waals surface area contributed by atoms with Crippen LogP contribution in [0.5, 0.6) is 5.75 Å². The molecule has 2 aromatic carbocycles. The molecule has 7 heteroatoms. The molecule has 6 nitrogen and oxygen atoms in total. The molecule has 0 radical (unpaired) electrons. The minimum Gasteiger partial charge on any atom is -0.495 e. The first-order chi connectivity index (χ1) is 13.0. The summed E-state index contributed by atoms with van der Waals surface area (Å²) >= 11 is 5.99. The first kappa shape index (κ1) is 19.0. The third kappa shape index (κ3) is 4.52. The number of hydrogen-bond donors (Lipinski definition) is 2. The molecule has 3 rings (SSSR count). The molecule has 0 unspecified atom stereocenters. The van der Waals surface area contributed by atoms with E-state index in [0.717, 1.165) is 24.1 Å². The van der Waals surface area contributed by atoms with Gasteiger partial charge in [-0.2, -0.15) is 0 Å². The minimum atomic E-state index is -0.421. The van der Waals surface area contributed by atoms with Crippen molar-refractivity contribution < 1.29 is 14.3 Å². The largest absolute Gasteiger partial charge is 0.495 e. The first-order valence-corrected chi connectivity index (χ1v) is 9.18. The van der Waals surface area contributed by atoms with Gasteiger partial charge in [0.15, 0.2) is 0 Å². The first-order valence-electron chi connectivity index (χ1n) is 8.80. The molecule has 0 aliphatic carbocycles. The number of piperidine rings is 1. The monoisotopic (exact) mass is 387 g/mol. The van der Waals surface area contributed by atoms with E-state index in [1.165, 1.54) is 7.11 Å². The highest BCUT2D eigenvalue weighted by atomic mass is 35.5. The number of aryl methyl sites for hydroxylation is 1. The second kappa shape index (κ2) is 8.31. The van der Waals surface area contributed by atoms with E-state index in [1.54, 1.807) is 23.1 Å². The van der Waals surface area contributed by atoms with Crippen molar-refractivity contribution in [2.24, 2.45) is 0 Å². The summed E-state index contributed by atoms with van der Waals surface area (Å²) < 4.78 is 5.23. The van der Waals surface area contributed by atoms with E-state index < -0.39 is 6.03 Å². The highest BCUT2D eigenvalue weighted by Gasteiger charge is 2.21. The van der Waals surface area contributed by atoms with Crippen LogP contribution in [-0.4, -0.2) is 25.6 Å². The molecule has 1 saturated heterocycles. The second-order valence-corrected chi connectivity index (χ2v) is 6.86. The summed E-state index contributed by atoms with van der Waals surface area (Å²) in [5, 5.41) is 6.02. The number of ether oxygens (including phenoxy) is 1. The zero-order valence-electron chi connectivity index (χ0n) is 15.3. The maximum atomic E-state index is 12.4. The fraction of sp³-hybridized carbons (Fsp3) is 0.300. The molecule has 27 heavy (non-hydrogen) atoms. The quantitative estimate of drug-likeness (QED) is 0.790. The number of hydrogen-bond acceptors (Lipinski definition) is 3. The molecular weight excluding hydrogens is 366 g/mol. The van der Waals surface area contributed by atoms with E-state index in [4.69, 9.17) is 16.3 Å². The Hall–Kier alpha value is -2.73. The normalized spacial score (nSPS) is 14.0. The van der Waals surface area contributed by atoms with E-state index in [-0.39, 0.29) is 5.91 Å². The smallest absolute Gasteiger partial charge is 0.323 e. The lowest BCUT2D eigenvalue weighted by molar-refractivity contribution is -0.119. The van der Waals surface area contributed by atoms with Crippen molar-refractivity contribution in [1.82, 2.24) is 0 Å². The zero-order chi connectivity index (χ0) is 19.4. The second-order valence-electron chi connectivity index (χ2n) is 6.43. The Morgan fingerprint density at radius 2 is 1.96 bits per heavy atom. The van der Waals surface area contributed by atoms with Crippen molar-refractivity contribution in [2.45, 2.75) is 26.2 Å². The van der Waals surface area contributed by atoms with E-state index in [2.05, 4.69) is 10.6 Å². The van der Waals surface area contributed by atoms with Gasteiger partial charge in [-0.1, -0.05) is 17.7 Å². The predicted molar refractivity (Wildman–Crippen MR) is 108 cm³/mol. The molecule has 1 aliphatic rings. The lowest BCUT2D eigenvalue weighted by Crippen LogP contribution is -2.35. The summed E-state index contributed by atoms with van der Waals surface area (Å²) in [5.41, 5.74) is 2.90. The van der Waals surface area contributed by atoms with Crippen molar-refractivity contribution in [3.63, 3.8) is 0 Å². The number of halogens is 1. The summed E-state index contributed by atoms with van der Waals surface area (Å²) in [6, 6.07) is 10.1. The molecule has 3 amide bonds. The minimum absolute atomic E-state index is 0.120. The van der Waals surface area contributed by atoms with Crippen molar-refractivity contribution >= 4 is 40.6 Å². The summed E-state index contributed by atoms with van der Waals surface area (Å²) in [4.78, 5) is 26.4. The zero-order valence-corrected chi connectivity index (χ0v) is 16.1. The number of carbonyl (C=O) groups excluding carboxylic acids is 2. The molecular formula is C20H22ClN3O3. The van der Waals surface area contributed by atoms with Gasteiger partial charge in [0.05, 0.1) is 12.8 Å². The van der Waals surface area contributed by atoms with E-state index in [0.29, 0.717) is 35.1 Å². The molecule has 1 heterocycles. The molecule has 0 spiro atoms. The average molecular weight is 388 g/mol. The predicted octanol–water partition coefficient (Wildman–Crippen LogP) is 4.82. The highest BCUT2D eigenvalue weighted by Crippen LogP contribution is 2.29. The van der Waals surface area contributed by atoms with E-state index in [1.807, 2.05) is 25.1 Å². The highest BCUT2D eigenvalue weighted by molar-refractivity contribution is 6.31. The van der Waals surface area contributed by atoms with E-state index in [9.17, 15) is 9.59 Å². The topological polar surface area (TPSA) is 70.7 Å². The SMILES string of the molecule is COc1ccc(Cl)cc1NC(=O)Nc1ccc(C)c(N2CCCCC2=O)c1. The van der Waals surface area contributed by atoms with Crippen LogP contribution >= 0.6 is 11.6 Å². The molecule has 1 aliphatic heterocycles. The molecule has 0 atom stereocenters. The molecule has 0 bridgehead atoms. The Labute approximate surface area is 163 Å². The number of carbonyl (C=O) groups is 2. The van der Waals surface area contributed by atoms with Gasteiger partial charge in [-0.15, -0.1) is 0 Å². The van der Waals surface area contributed by atoms with Gasteiger partial charge in [-0.05, 0) is 55.7 Å². The van der Waals surface area contributed by atoms with Crippen LogP contribution in [-0.2, 0) is 4.79 Å². The Kier molecular flexibility index (Phi) is 5.86. The van der Waals surface area contributed by atoms with Crippen molar-refractivity contribution in [3.8, 4) is 5.75 Å². The van der Waals surface area contributed by atoms with Gasteiger partial charge in [0.1, 0.15) is 5.75 Å². The molecule has 1 fully saturated rings. The Morgan fingerprint density at radius 3 is 2.70 bits per heavy atom. The van der Waals surface area contributed by atoms with Crippen LogP contribution in [0.2, 0.25) is 5.02 Å². The summed E-state index contributed by atoms with van der Waals surface area (Å²) in [6.45, 7) is 2.66. The maximum Gasteiger partial charge on any atom is 0.323 e. The number of rotatable bonds is 4. The van der Waals surface area contributed by atoms with Crippen LogP contribution in [0, 0.1) is 6.92 Å². The fourth-order valence-corrected chi connectivity index (χ4v) is 3.27. The van der Waals surface area contributed by atoms with Crippen molar-refractivity contribution in [2.75, 3.05) is 29.2 Å². The summed E-state index contributed by atoms with van der Waals surface area (Å²) in [5.74, 6) is 0.632. The third-order valence-electron chi connectivity index (χ3n) is 4.49. The van der Waals surface area contributed by atoms with Gasteiger partial charge in [0, 0.05) is 29.4 Å². The van der Waals surface area contributed by atoms with Gasteiger partial charge in [-0.3, -0.25) is 4.79 Å². The van der Waals surface area contributed by atoms with Gasteiger partial charge < -0.3 is 20.3 Å². The van der Waals surface area contributed by atoms with Crippen LogP contribution in [0.15, 0.2) is 36.4 Å². The van der Waals surface area contributed by atoms with Crippen molar-refractivity contribution in [3.05, 3.63) is 47.0 Å². The summed E-state index contributed by atoms with van der Waals surface area (Å²) in [7, 11) is 1.52. The van der Waals surface area contributed by atoms with Crippen LogP contribution in [0.4, 0.5) is 21.9 Å². The van der Waals surface area contributed by atoms with Gasteiger partial charge in [0.25, 0.3) is 0 Å². The molecule has 0 saturated carbocycles. The Morgan fingerprint density at radius 1 is 1.15 bits per heavy atom. The van der Waals surface area contributed by atoms with Gasteiger partial charge in [-0.25, -0.2) is 4.79 Å². The standard InChI is InChI=1S/C20H22ClN3O3/c1-13-6-8-15(12-17(13)24-10-4-3-5-19(24)25)22-20(26)23-16-11-14(21)7-9-18(16)27-2/h6-9,11-12H,3-5,10H2,1-2H3,(H2,22,23,26). The molecule has 2 N–H and O–H groups in total. The number of urea groups is 1. The number of benzene rings is 2. The number of anilines is 3. The van der Waals surface area contributed by atoms with Crippen LogP contribution in [0.1, 0.15) is 24.8 Å². The third-order valence-corrected chi connectivity index (χ3v) is 4.73. The van der Waals surface area contributed by atoms with Gasteiger partial charge in [0.2, 0.25) is 5.91 Å². The lowest BCUT2D eigenvalue weighted by atomic mass is 10.1. The Balaban J connectivity index is 1.76. The molecule has 142 valence electrons. The average Bonchev–Trinajstić information content (AvgIpc) is 2.64. The van der Waals surface area contributed by atoms with Crippen LogP contribution in [0.3, 0.4) is 0 Å². The van der Waals surface area contributed by atoms with Gasteiger partial charge >= 0.3 is 6.03 Å². The number of methoxy groups -OCH3 is 1. The molecule has 0 aromatic heterocycles. The number of nitrogens with zero attached hydrogens (tertiary/aromatic N) is 1. The Bertz CT molecular complexity index is 870. The van der Waals surface area contributed by atoms with Crippen LogP contribution < -0.4 is 20.3 Å². The molecule has 2 aromatic rings. The van der Waals surface area contributed by atoms with E-state index >= 15 is 0 Å². The lowest BCUT2D eigenvalue weighted by Gasteiger charge is -2.28. The van der Waals surface area contributed by atoms with Crippen LogP contribution in [0.25, 0.3) is 0 Å². The number of amides is 3. The number of nitrogens with one attached hydrogen (secondary N) is 2. The fourth-order valence-electron chi connectivity index (χ4n) is 3.10. The maximum absolute atomic E-state index is 12.4. The van der Waals surface area contributed by atoms with Crippen molar-refractivity contribution in [1.29, 1.82) is 0 Å². The summed E-state index contributed by atoms with van der Waals surface area (Å²) in [6.07, 6.45) is 2.47.